The number of rotatable bonds is 6. The van der Waals surface area contributed by atoms with Gasteiger partial charge in [-0.25, -0.2) is 4.79 Å². The van der Waals surface area contributed by atoms with Crippen LogP contribution < -0.4 is 5.32 Å². The number of hydrogen-bond acceptors (Lipinski definition) is 3. The number of carbonyl (C=O) groups excluding carboxylic acids is 2. The van der Waals surface area contributed by atoms with Gasteiger partial charge in [0.05, 0.1) is 6.61 Å². The van der Waals surface area contributed by atoms with Crippen LogP contribution in [0.3, 0.4) is 0 Å². The van der Waals surface area contributed by atoms with E-state index in [2.05, 4.69) is 17.5 Å². The van der Waals surface area contributed by atoms with Crippen molar-refractivity contribution in [2.45, 2.75) is 57.9 Å². The Balaban J connectivity index is 1.78. The van der Waals surface area contributed by atoms with Crippen molar-refractivity contribution < 1.29 is 14.3 Å². The van der Waals surface area contributed by atoms with Crippen LogP contribution in [0, 0.1) is 11.3 Å². The summed E-state index contributed by atoms with van der Waals surface area (Å²) in [7, 11) is 0. The van der Waals surface area contributed by atoms with Gasteiger partial charge in [0, 0.05) is 17.9 Å². The fraction of sp³-hybridized carbons (Fsp3) is 0.750. The van der Waals surface area contributed by atoms with E-state index in [0.717, 1.165) is 25.5 Å². The number of hydrogen-bond donors (Lipinski definition) is 1. The molecule has 1 N–H and O–H groups in total. The lowest BCUT2D eigenvalue weighted by atomic mass is 9.75. The van der Waals surface area contributed by atoms with Gasteiger partial charge in [0.25, 0.3) is 0 Å². The van der Waals surface area contributed by atoms with Gasteiger partial charge in [0.15, 0.2) is 0 Å². The maximum Gasteiger partial charge on any atom is 0.407 e. The van der Waals surface area contributed by atoms with Gasteiger partial charge in [-0.3, -0.25) is 0 Å². The van der Waals surface area contributed by atoms with Crippen LogP contribution in [0.4, 0.5) is 4.79 Å². The van der Waals surface area contributed by atoms with Gasteiger partial charge in [-0.1, -0.05) is 18.6 Å². The second-order valence-corrected chi connectivity index (χ2v) is 6.29. The number of amides is 1. The van der Waals surface area contributed by atoms with E-state index in [0.29, 0.717) is 18.9 Å². The second-order valence-electron chi connectivity index (χ2n) is 6.29. The molecule has 1 amide bonds. The van der Waals surface area contributed by atoms with E-state index in [-0.39, 0.29) is 17.6 Å². The maximum absolute atomic E-state index is 11.8. The Labute approximate surface area is 120 Å². The molecule has 2 atom stereocenters. The Morgan fingerprint density at radius 1 is 1.50 bits per heavy atom. The molecule has 1 fully saturated rings. The molecule has 0 spiro atoms. The lowest BCUT2D eigenvalue weighted by Crippen LogP contribution is -2.42. The fourth-order valence-corrected chi connectivity index (χ4v) is 3.00. The summed E-state index contributed by atoms with van der Waals surface area (Å²) in [6.45, 7) is 2.37. The van der Waals surface area contributed by atoms with Crippen LogP contribution >= 0.6 is 0 Å². The molecule has 2 unspecified atom stereocenters. The van der Waals surface area contributed by atoms with E-state index in [9.17, 15) is 9.59 Å². The van der Waals surface area contributed by atoms with Gasteiger partial charge >= 0.3 is 6.09 Å². The minimum absolute atomic E-state index is 0.185. The molecule has 0 aromatic carbocycles. The highest BCUT2D eigenvalue weighted by Crippen LogP contribution is 2.36. The molecule has 0 aromatic heterocycles. The molecule has 2 aliphatic carbocycles. The van der Waals surface area contributed by atoms with E-state index in [1.54, 1.807) is 0 Å². The average molecular weight is 279 g/mol. The van der Waals surface area contributed by atoms with Crippen LogP contribution in [0.2, 0.25) is 0 Å². The van der Waals surface area contributed by atoms with Crippen molar-refractivity contribution in [3.05, 3.63) is 12.2 Å². The van der Waals surface area contributed by atoms with Gasteiger partial charge in [-0.05, 0) is 44.9 Å². The molecule has 0 bridgehead atoms. The SMILES string of the molecule is CC(NC(=O)OCC1(CC=O)CC=CCC1)C1CCC1. The zero-order chi connectivity index (χ0) is 14.4. The Morgan fingerprint density at radius 2 is 2.30 bits per heavy atom. The van der Waals surface area contributed by atoms with Crippen LogP contribution in [0.5, 0.6) is 0 Å². The van der Waals surface area contributed by atoms with E-state index < -0.39 is 0 Å². The van der Waals surface area contributed by atoms with Crippen LogP contribution in [0.1, 0.15) is 51.9 Å². The maximum atomic E-state index is 11.8. The number of aldehydes is 1. The van der Waals surface area contributed by atoms with Crippen molar-refractivity contribution in [3.63, 3.8) is 0 Å². The van der Waals surface area contributed by atoms with Crippen LogP contribution in [-0.2, 0) is 9.53 Å². The predicted octanol–water partition coefficient (Wildman–Crippen LogP) is 3.22. The summed E-state index contributed by atoms with van der Waals surface area (Å²) in [5.41, 5.74) is -0.187. The second kappa shape index (κ2) is 6.91. The highest BCUT2D eigenvalue weighted by Gasteiger charge is 2.32. The van der Waals surface area contributed by atoms with Crippen LogP contribution in [-0.4, -0.2) is 25.0 Å². The van der Waals surface area contributed by atoms with E-state index in [4.69, 9.17) is 4.74 Å². The number of ether oxygens (including phenoxy) is 1. The number of nitrogens with one attached hydrogen (secondary N) is 1. The lowest BCUT2D eigenvalue weighted by molar-refractivity contribution is -0.110. The summed E-state index contributed by atoms with van der Waals surface area (Å²) in [5.74, 6) is 0.601. The summed E-state index contributed by atoms with van der Waals surface area (Å²) in [4.78, 5) is 22.7. The molecule has 2 rings (SSSR count). The molecule has 2 aliphatic rings. The molecule has 0 aliphatic heterocycles. The predicted molar refractivity (Wildman–Crippen MR) is 77.4 cm³/mol. The first-order valence-corrected chi connectivity index (χ1v) is 7.67. The zero-order valence-electron chi connectivity index (χ0n) is 12.3. The minimum atomic E-state index is -0.343. The highest BCUT2D eigenvalue weighted by molar-refractivity contribution is 5.67. The summed E-state index contributed by atoms with van der Waals surface area (Å²) in [6.07, 6.45) is 11.6. The van der Waals surface area contributed by atoms with Gasteiger partial charge in [0.1, 0.15) is 6.29 Å². The van der Waals surface area contributed by atoms with Crippen molar-refractivity contribution in [1.29, 1.82) is 0 Å². The first-order valence-electron chi connectivity index (χ1n) is 7.67. The van der Waals surface area contributed by atoms with Gasteiger partial charge in [-0.15, -0.1) is 0 Å². The standard InChI is InChI=1S/C16H25NO3/c1-13(14-6-5-7-14)17-15(19)20-12-16(10-11-18)8-3-2-4-9-16/h2-3,11,13-14H,4-10,12H2,1H3,(H,17,19). The summed E-state index contributed by atoms with van der Waals surface area (Å²) >= 11 is 0. The average Bonchev–Trinajstić information content (AvgIpc) is 2.36. The number of allylic oxidation sites excluding steroid dienone is 2. The van der Waals surface area contributed by atoms with E-state index in [1.807, 2.05) is 6.92 Å². The van der Waals surface area contributed by atoms with Crippen molar-refractivity contribution in [1.82, 2.24) is 5.32 Å². The first-order chi connectivity index (χ1) is 9.65. The van der Waals surface area contributed by atoms with Crippen LogP contribution in [0.15, 0.2) is 12.2 Å². The molecular formula is C16H25NO3. The third kappa shape index (κ3) is 3.84. The molecule has 1 saturated carbocycles. The van der Waals surface area contributed by atoms with Gasteiger partial charge in [-0.2, -0.15) is 0 Å². The summed E-state index contributed by atoms with van der Waals surface area (Å²) < 4.78 is 5.38. The molecule has 0 aromatic rings. The Hall–Kier alpha value is -1.32. The Bertz CT molecular complexity index is 376. The third-order valence-electron chi connectivity index (χ3n) is 4.79. The van der Waals surface area contributed by atoms with Crippen molar-refractivity contribution in [3.8, 4) is 0 Å². The zero-order valence-corrected chi connectivity index (χ0v) is 12.3. The smallest absolute Gasteiger partial charge is 0.407 e. The first kappa shape index (κ1) is 15.1. The lowest BCUT2D eigenvalue weighted by Gasteiger charge is -2.34. The van der Waals surface area contributed by atoms with E-state index >= 15 is 0 Å². The molecule has 0 heterocycles. The van der Waals surface area contributed by atoms with Crippen molar-refractivity contribution in [2.75, 3.05) is 6.61 Å². The fourth-order valence-electron chi connectivity index (χ4n) is 3.00. The Morgan fingerprint density at radius 3 is 2.85 bits per heavy atom. The quantitative estimate of drug-likeness (QED) is 0.600. The molecular weight excluding hydrogens is 254 g/mol. The normalized spacial score (nSPS) is 27.4. The summed E-state index contributed by atoms with van der Waals surface area (Å²) in [6, 6.07) is 0.185. The molecule has 112 valence electrons. The topological polar surface area (TPSA) is 55.4 Å². The molecule has 0 saturated heterocycles. The third-order valence-corrected chi connectivity index (χ3v) is 4.79. The number of alkyl carbamates (subject to hydrolysis) is 1. The molecule has 20 heavy (non-hydrogen) atoms. The molecule has 4 nitrogen and oxygen atoms in total. The minimum Gasteiger partial charge on any atom is -0.449 e. The monoisotopic (exact) mass is 279 g/mol. The highest BCUT2D eigenvalue weighted by atomic mass is 16.5. The van der Waals surface area contributed by atoms with Crippen LogP contribution in [0.25, 0.3) is 0 Å². The summed E-state index contributed by atoms with van der Waals surface area (Å²) in [5, 5.41) is 2.91. The van der Waals surface area contributed by atoms with Gasteiger partial charge < -0.3 is 14.8 Å². The van der Waals surface area contributed by atoms with Gasteiger partial charge in [0.2, 0.25) is 0 Å². The molecule has 0 radical (unpaired) electrons. The van der Waals surface area contributed by atoms with E-state index in [1.165, 1.54) is 19.3 Å². The largest absolute Gasteiger partial charge is 0.449 e. The van der Waals surface area contributed by atoms with Crippen molar-refractivity contribution >= 4 is 12.4 Å². The Kier molecular flexibility index (Phi) is 5.21. The molecule has 4 heteroatoms. The van der Waals surface area contributed by atoms with Crippen molar-refractivity contribution in [2.24, 2.45) is 11.3 Å². The number of carbonyl (C=O) groups is 2.